The Kier molecular flexibility index (Phi) is 6.08. The standard InChI is InChI=1S/C13H25N3O3/c1-9(2)4-5-15-11-6-10(12(17)19-3)7-16(8-11)13(14)18/h9-11,15H,4-8H2,1-3H3,(H2,14,18). The quantitative estimate of drug-likeness (QED) is 0.716. The maximum absolute atomic E-state index is 11.6. The van der Waals surface area contributed by atoms with E-state index in [-0.39, 0.29) is 17.9 Å². The van der Waals surface area contributed by atoms with E-state index in [1.54, 1.807) is 0 Å². The number of methoxy groups -OCH3 is 1. The third kappa shape index (κ3) is 5.06. The van der Waals surface area contributed by atoms with Crippen molar-refractivity contribution in [3.05, 3.63) is 0 Å². The van der Waals surface area contributed by atoms with Crippen molar-refractivity contribution >= 4 is 12.0 Å². The summed E-state index contributed by atoms with van der Waals surface area (Å²) in [5.74, 6) is 0.0594. The molecule has 0 bridgehead atoms. The second-order valence-electron chi connectivity index (χ2n) is 5.53. The second-order valence-corrected chi connectivity index (χ2v) is 5.53. The van der Waals surface area contributed by atoms with Crippen LogP contribution in [0, 0.1) is 11.8 Å². The molecular weight excluding hydrogens is 246 g/mol. The van der Waals surface area contributed by atoms with E-state index >= 15 is 0 Å². The summed E-state index contributed by atoms with van der Waals surface area (Å²) in [6, 6.07) is -0.381. The lowest BCUT2D eigenvalue weighted by Crippen LogP contribution is -2.54. The number of carbonyl (C=O) groups is 2. The van der Waals surface area contributed by atoms with Crippen LogP contribution in [0.2, 0.25) is 0 Å². The van der Waals surface area contributed by atoms with Gasteiger partial charge in [0.25, 0.3) is 0 Å². The van der Waals surface area contributed by atoms with E-state index in [1.165, 1.54) is 12.0 Å². The van der Waals surface area contributed by atoms with Gasteiger partial charge in [-0.25, -0.2) is 4.79 Å². The molecule has 0 aromatic heterocycles. The van der Waals surface area contributed by atoms with E-state index in [1.807, 2.05) is 0 Å². The van der Waals surface area contributed by atoms with Gasteiger partial charge in [0.05, 0.1) is 13.0 Å². The van der Waals surface area contributed by atoms with Crippen LogP contribution in [0.1, 0.15) is 26.7 Å². The molecule has 2 amide bonds. The highest BCUT2D eigenvalue weighted by atomic mass is 16.5. The number of carbonyl (C=O) groups excluding carboxylic acids is 2. The van der Waals surface area contributed by atoms with Crippen LogP contribution in [0.3, 0.4) is 0 Å². The summed E-state index contributed by atoms with van der Waals surface area (Å²) in [6.45, 7) is 6.11. The molecule has 0 radical (unpaired) electrons. The van der Waals surface area contributed by atoms with E-state index in [0.717, 1.165) is 13.0 Å². The van der Waals surface area contributed by atoms with Gasteiger partial charge in [-0.3, -0.25) is 4.79 Å². The third-order valence-electron chi connectivity index (χ3n) is 3.45. The van der Waals surface area contributed by atoms with Crippen LogP contribution >= 0.6 is 0 Å². The van der Waals surface area contributed by atoms with Gasteiger partial charge in [0.1, 0.15) is 0 Å². The summed E-state index contributed by atoms with van der Waals surface area (Å²) in [5, 5.41) is 3.39. The summed E-state index contributed by atoms with van der Waals surface area (Å²) >= 11 is 0. The van der Waals surface area contributed by atoms with Gasteiger partial charge in [-0.1, -0.05) is 13.8 Å². The number of nitrogens with one attached hydrogen (secondary N) is 1. The number of esters is 1. The number of ether oxygens (including phenoxy) is 1. The number of nitrogens with two attached hydrogens (primary N) is 1. The molecule has 3 N–H and O–H groups in total. The first kappa shape index (κ1) is 15.8. The fourth-order valence-corrected chi connectivity index (χ4v) is 2.34. The van der Waals surface area contributed by atoms with E-state index in [0.29, 0.717) is 25.4 Å². The van der Waals surface area contributed by atoms with Crippen LogP contribution in [0.15, 0.2) is 0 Å². The number of urea groups is 1. The van der Waals surface area contributed by atoms with Crippen molar-refractivity contribution in [2.45, 2.75) is 32.7 Å². The number of likely N-dealkylation sites (tertiary alicyclic amines) is 1. The molecule has 0 aromatic rings. The minimum Gasteiger partial charge on any atom is -0.469 e. The minimum absolute atomic E-state index is 0.101. The van der Waals surface area contributed by atoms with Crippen LogP contribution in [0.4, 0.5) is 4.79 Å². The molecular formula is C13H25N3O3. The van der Waals surface area contributed by atoms with Crippen LogP contribution in [-0.4, -0.2) is 49.7 Å². The average molecular weight is 271 g/mol. The molecule has 0 aliphatic carbocycles. The Morgan fingerprint density at radius 2 is 2.11 bits per heavy atom. The highest BCUT2D eigenvalue weighted by Gasteiger charge is 2.33. The predicted octanol–water partition coefficient (Wildman–Crippen LogP) is 0.564. The molecule has 1 aliphatic rings. The third-order valence-corrected chi connectivity index (χ3v) is 3.45. The number of amides is 2. The Hall–Kier alpha value is -1.30. The number of hydrogen-bond acceptors (Lipinski definition) is 4. The van der Waals surface area contributed by atoms with E-state index in [9.17, 15) is 9.59 Å². The summed E-state index contributed by atoms with van der Waals surface area (Å²) in [4.78, 5) is 24.5. The maximum atomic E-state index is 11.6. The van der Waals surface area contributed by atoms with Crippen LogP contribution < -0.4 is 11.1 Å². The number of piperidine rings is 1. The van der Waals surface area contributed by atoms with Crippen LogP contribution in [-0.2, 0) is 9.53 Å². The molecule has 2 atom stereocenters. The van der Waals surface area contributed by atoms with E-state index in [2.05, 4.69) is 19.2 Å². The van der Waals surface area contributed by atoms with Gasteiger partial charge in [0, 0.05) is 19.1 Å². The zero-order chi connectivity index (χ0) is 14.4. The monoisotopic (exact) mass is 271 g/mol. The Labute approximate surface area is 114 Å². The number of rotatable bonds is 5. The lowest BCUT2D eigenvalue weighted by Gasteiger charge is -2.36. The molecule has 1 aliphatic heterocycles. The van der Waals surface area contributed by atoms with Gasteiger partial charge in [-0.2, -0.15) is 0 Å². The molecule has 1 heterocycles. The van der Waals surface area contributed by atoms with Crippen molar-refractivity contribution in [1.29, 1.82) is 0 Å². The van der Waals surface area contributed by atoms with Crippen LogP contribution in [0.25, 0.3) is 0 Å². The first-order valence-corrected chi connectivity index (χ1v) is 6.79. The van der Waals surface area contributed by atoms with E-state index < -0.39 is 6.03 Å². The predicted molar refractivity (Wildman–Crippen MR) is 72.5 cm³/mol. The molecule has 1 rings (SSSR count). The topological polar surface area (TPSA) is 84.7 Å². The smallest absolute Gasteiger partial charge is 0.314 e. The molecule has 19 heavy (non-hydrogen) atoms. The van der Waals surface area contributed by atoms with Crippen molar-refractivity contribution in [2.75, 3.05) is 26.7 Å². The SMILES string of the molecule is COC(=O)C1CC(NCCC(C)C)CN(C(N)=O)C1. The van der Waals surface area contributed by atoms with Gasteiger partial charge < -0.3 is 20.7 Å². The van der Waals surface area contributed by atoms with Crippen molar-refractivity contribution in [2.24, 2.45) is 17.6 Å². The summed E-state index contributed by atoms with van der Waals surface area (Å²) in [5.41, 5.74) is 5.32. The Balaban J connectivity index is 2.55. The molecule has 6 nitrogen and oxygen atoms in total. The molecule has 110 valence electrons. The zero-order valence-electron chi connectivity index (χ0n) is 12.0. The minimum atomic E-state index is -0.482. The fraction of sp³-hybridized carbons (Fsp3) is 0.846. The van der Waals surface area contributed by atoms with Gasteiger partial charge in [-0.15, -0.1) is 0 Å². The molecule has 6 heteroatoms. The van der Waals surface area contributed by atoms with Crippen LogP contribution in [0.5, 0.6) is 0 Å². The normalized spacial score (nSPS) is 23.5. The highest BCUT2D eigenvalue weighted by Crippen LogP contribution is 2.18. The Morgan fingerprint density at radius 1 is 1.42 bits per heavy atom. The Morgan fingerprint density at radius 3 is 2.63 bits per heavy atom. The van der Waals surface area contributed by atoms with Gasteiger partial charge in [0.15, 0.2) is 0 Å². The molecule has 0 saturated carbocycles. The largest absolute Gasteiger partial charge is 0.469 e. The summed E-state index contributed by atoms with van der Waals surface area (Å²) in [7, 11) is 1.37. The fourth-order valence-electron chi connectivity index (χ4n) is 2.34. The molecule has 1 fully saturated rings. The van der Waals surface area contributed by atoms with Crippen molar-refractivity contribution in [3.8, 4) is 0 Å². The first-order chi connectivity index (χ1) is 8.93. The molecule has 0 spiro atoms. The van der Waals surface area contributed by atoms with E-state index in [4.69, 9.17) is 10.5 Å². The number of primary amides is 1. The average Bonchev–Trinajstić information content (AvgIpc) is 2.37. The number of hydrogen-bond donors (Lipinski definition) is 2. The highest BCUT2D eigenvalue weighted by molar-refractivity contribution is 5.76. The number of nitrogens with zero attached hydrogens (tertiary/aromatic N) is 1. The van der Waals surface area contributed by atoms with Crippen molar-refractivity contribution in [1.82, 2.24) is 10.2 Å². The summed E-state index contributed by atoms with van der Waals surface area (Å²) < 4.78 is 4.76. The molecule has 0 aromatic carbocycles. The van der Waals surface area contributed by atoms with Gasteiger partial charge in [0.2, 0.25) is 0 Å². The summed E-state index contributed by atoms with van der Waals surface area (Å²) in [6.07, 6.45) is 1.75. The molecule has 1 saturated heterocycles. The van der Waals surface area contributed by atoms with Crippen molar-refractivity contribution in [3.63, 3.8) is 0 Å². The second kappa shape index (κ2) is 7.33. The van der Waals surface area contributed by atoms with Gasteiger partial charge in [-0.05, 0) is 25.3 Å². The maximum Gasteiger partial charge on any atom is 0.314 e. The van der Waals surface area contributed by atoms with Gasteiger partial charge >= 0.3 is 12.0 Å². The lowest BCUT2D eigenvalue weighted by atomic mass is 9.94. The molecule has 2 unspecified atom stereocenters. The zero-order valence-corrected chi connectivity index (χ0v) is 12.0. The Bertz CT molecular complexity index is 320. The van der Waals surface area contributed by atoms with Crippen molar-refractivity contribution < 1.29 is 14.3 Å². The first-order valence-electron chi connectivity index (χ1n) is 6.79. The lowest BCUT2D eigenvalue weighted by molar-refractivity contribution is -0.147.